The van der Waals surface area contributed by atoms with Crippen molar-refractivity contribution in [3.05, 3.63) is 59.7 Å². The molecule has 2 N–H and O–H groups in total. The molecule has 0 fully saturated rings. The van der Waals surface area contributed by atoms with Crippen molar-refractivity contribution in [2.75, 3.05) is 11.9 Å². The molecule has 1 amide bonds. The number of anilines is 1. The second-order valence-corrected chi connectivity index (χ2v) is 5.48. The van der Waals surface area contributed by atoms with Gasteiger partial charge in [-0.25, -0.2) is 0 Å². The lowest BCUT2D eigenvalue weighted by Crippen LogP contribution is -2.12. The Balaban J connectivity index is 1.99. The zero-order valence-corrected chi connectivity index (χ0v) is 13.6. The molecule has 2 rings (SSSR count). The van der Waals surface area contributed by atoms with Gasteiger partial charge in [-0.3, -0.25) is 4.79 Å². The first-order valence-electron chi connectivity index (χ1n) is 7.92. The van der Waals surface area contributed by atoms with Gasteiger partial charge in [0.1, 0.15) is 5.75 Å². The lowest BCUT2D eigenvalue weighted by atomic mass is 10.1. The summed E-state index contributed by atoms with van der Waals surface area (Å²) < 4.78 is 5.58. The second-order valence-electron chi connectivity index (χ2n) is 5.48. The molecule has 0 heterocycles. The zero-order chi connectivity index (χ0) is 16.7. The predicted octanol–water partition coefficient (Wildman–Crippen LogP) is 4.17. The van der Waals surface area contributed by atoms with E-state index < -0.39 is 6.10 Å². The van der Waals surface area contributed by atoms with E-state index in [4.69, 9.17) is 4.74 Å². The average molecular weight is 313 g/mol. The fourth-order valence-electron chi connectivity index (χ4n) is 2.12. The molecule has 2 aromatic carbocycles. The summed E-state index contributed by atoms with van der Waals surface area (Å²) in [7, 11) is 0. The Morgan fingerprint density at radius 3 is 2.61 bits per heavy atom. The van der Waals surface area contributed by atoms with Crippen LogP contribution in [-0.2, 0) is 0 Å². The SMILES string of the molecule is CCCCOc1ccc(C(=O)Nc2cccc(C(C)O)c2)cc1. The number of rotatable bonds is 7. The van der Waals surface area contributed by atoms with E-state index in [1.165, 1.54) is 0 Å². The topological polar surface area (TPSA) is 58.6 Å². The molecule has 4 nitrogen and oxygen atoms in total. The van der Waals surface area contributed by atoms with Crippen LogP contribution in [0.25, 0.3) is 0 Å². The van der Waals surface area contributed by atoms with Crippen LogP contribution in [0.5, 0.6) is 5.75 Å². The average Bonchev–Trinajstić information content (AvgIpc) is 2.56. The number of carbonyl (C=O) groups excluding carboxylic acids is 1. The lowest BCUT2D eigenvalue weighted by Gasteiger charge is -2.10. The molecular weight excluding hydrogens is 290 g/mol. The van der Waals surface area contributed by atoms with E-state index in [-0.39, 0.29) is 5.91 Å². The Morgan fingerprint density at radius 2 is 1.96 bits per heavy atom. The fraction of sp³-hybridized carbons (Fsp3) is 0.316. The standard InChI is InChI=1S/C19H23NO3/c1-3-4-12-23-18-10-8-15(9-11-18)19(22)20-17-7-5-6-16(13-17)14(2)21/h5-11,13-14,21H,3-4,12H2,1-2H3,(H,20,22). The summed E-state index contributed by atoms with van der Waals surface area (Å²) in [6, 6.07) is 14.3. The van der Waals surface area contributed by atoms with Crippen LogP contribution in [0, 0.1) is 0 Å². The molecule has 0 aliphatic carbocycles. The number of amides is 1. The van der Waals surface area contributed by atoms with Gasteiger partial charge < -0.3 is 15.2 Å². The highest BCUT2D eigenvalue weighted by Crippen LogP contribution is 2.18. The molecule has 2 aromatic rings. The van der Waals surface area contributed by atoms with Crippen molar-refractivity contribution in [2.45, 2.75) is 32.8 Å². The van der Waals surface area contributed by atoms with Gasteiger partial charge in [0.2, 0.25) is 0 Å². The molecule has 23 heavy (non-hydrogen) atoms. The van der Waals surface area contributed by atoms with Gasteiger partial charge in [-0.05, 0) is 55.3 Å². The van der Waals surface area contributed by atoms with Crippen LogP contribution in [0.4, 0.5) is 5.69 Å². The van der Waals surface area contributed by atoms with E-state index >= 15 is 0 Å². The number of ether oxygens (including phenoxy) is 1. The molecule has 1 unspecified atom stereocenters. The summed E-state index contributed by atoms with van der Waals surface area (Å²) in [5.41, 5.74) is 1.99. The first kappa shape index (κ1) is 17.0. The first-order valence-corrected chi connectivity index (χ1v) is 7.92. The molecule has 0 saturated heterocycles. The normalized spacial score (nSPS) is 11.8. The van der Waals surface area contributed by atoms with E-state index in [0.717, 1.165) is 24.2 Å². The molecule has 0 bridgehead atoms. The lowest BCUT2D eigenvalue weighted by molar-refractivity contribution is 0.102. The van der Waals surface area contributed by atoms with Crippen molar-refractivity contribution in [2.24, 2.45) is 0 Å². The summed E-state index contributed by atoms with van der Waals surface area (Å²) in [5.74, 6) is 0.582. The highest BCUT2D eigenvalue weighted by Gasteiger charge is 2.08. The quantitative estimate of drug-likeness (QED) is 0.754. The first-order chi connectivity index (χ1) is 11.1. The number of benzene rings is 2. The Kier molecular flexibility index (Phi) is 6.18. The fourth-order valence-corrected chi connectivity index (χ4v) is 2.12. The number of carbonyl (C=O) groups is 1. The highest BCUT2D eigenvalue weighted by atomic mass is 16.5. The van der Waals surface area contributed by atoms with E-state index in [1.54, 1.807) is 43.3 Å². The number of aliphatic hydroxyl groups excluding tert-OH is 1. The minimum Gasteiger partial charge on any atom is -0.494 e. The van der Waals surface area contributed by atoms with Crippen LogP contribution >= 0.6 is 0 Å². The predicted molar refractivity (Wildman–Crippen MR) is 91.9 cm³/mol. The molecule has 0 aliphatic heterocycles. The zero-order valence-electron chi connectivity index (χ0n) is 13.6. The van der Waals surface area contributed by atoms with Gasteiger partial charge in [0, 0.05) is 11.3 Å². The van der Waals surface area contributed by atoms with Gasteiger partial charge in [0.25, 0.3) is 5.91 Å². The van der Waals surface area contributed by atoms with Crippen LogP contribution in [0.15, 0.2) is 48.5 Å². The highest BCUT2D eigenvalue weighted by molar-refractivity contribution is 6.04. The van der Waals surface area contributed by atoms with Crippen molar-refractivity contribution in [1.29, 1.82) is 0 Å². The third-order valence-corrected chi connectivity index (χ3v) is 3.51. The summed E-state index contributed by atoms with van der Waals surface area (Å²) in [5, 5.41) is 12.4. The maximum Gasteiger partial charge on any atom is 0.255 e. The number of unbranched alkanes of at least 4 members (excludes halogenated alkanes) is 1. The van der Waals surface area contributed by atoms with Crippen molar-refractivity contribution in [3.63, 3.8) is 0 Å². The van der Waals surface area contributed by atoms with Crippen molar-refractivity contribution < 1.29 is 14.6 Å². The summed E-state index contributed by atoms with van der Waals surface area (Å²) in [4.78, 5) is 12.3. The minimum atomic E-state index is -0.564. The van der Waals surface area contributed by atoms with Crippen molar-refractivity contribution in [3.8, 4) is 5.75 Å². The third kappa shape index (κ3) is 5.11. The maximum absolute atomic E-state index is 12.3. The molecule has 122 valence electrons. The van der Waals surface area contributed by atoms with E-state index in [9.17, 15) is 9.90 Å². The van der Waals surface area contributed by atoms with Crippen LogP contribution < -0.4 is 10.1 Å². The van der Waals surface area contributed by atoms with Gasteiger partial charge in [0.05, 0.1) is 12.7 Å². The molecule has 4 heteroatoms. The van der Waals surface area contributed by atoms with Crippen molar-refractivity contribution in [1.82, 2.24) is 0 Å². The number of nitrogens with one attached hydrogen (secondary N) is 1. The smallest absolute Gasteiger partial charge is 0.255 e. The van der Waals surface area contributed by atoms with Crippen LogP contribution in [0.1, 0.15) is 48.7 Å². The van der Waals surface area contributed by atoms with Crippen LogP contribution in [0.2, 0.25) is 0 Å². The van der Waals surface area contributed by atoms with Crippen molar-refractivity contribution >= 4 is 11.6 Å². The third-order valence-electron chi connectivity index (χ3n) is 3.51. The Morgan fingerprint density at radius 1 is 1.22 bits per heavy atom. The maximum atomic E-state index is 12.3. The van der Waals surface area contributed by atoms with Crippen LogP contribution in [-0.4, -0.2) is 17.6 Å². The summed E-state index contributed by atoms with van der Waals surface area (Å²) in [6.07, 6.45) is 1.54. The minimum absolute atomic E-state index is 0.187. The van der Waals surface area contributed by atoms with Gasteiger partial charge in [-0.15, -0.1) is 0 Å². The molecule has 0 aliphatic rings. The molecule has 1 atom stereocenters. The summed E-state index contributed by atoms with van der Waals surface area (Å²) >= 11 is 0. The molecular formula is C19H23NO3. The van der Waals surface area contributed by atoms with Gasteiger partial charge in [-0.2, -0.15) is 0 Å². The molecule has 0 radical (unpaired) electrons. The number of aliphatic hydroxyl groups is 1. The van der Waals surface area contributed by atoms with Gasteiger partial charge >= 0.3 is 0 Å². The molecule has 0 aromatic heterocycles. The van der Waals surface area contributed by atoms with E-state index in [0.29, 0.717) is 17.9 Å². The second kappa shape index (κ2) is 8.34. The number of hydrogen-bond donors (Lipinski definition) is 2. The Hall–Kier alpha value is -2.33. The molecule has 0 spiro atoms. The Labute approximate surface area is 137 Å². The van der Waals surface area contributed by atoms with Gasteiger partial charge in [0.15, 0.2) is 0 Å². The molecule has 0 saturated carbocycles. The number of hydrogen-bond acceptors (Lipinski definition) is 3. The largest absolute Gasteiger partial charge is 0.494 e. The monoisotopic (exact) mass is 313 g/mol. The van der Waals surface area contributed by atoms with Gasteiger partial charge in [-0.1, -0.05) is 25.5 Å². The van der Waals surface area contributed by atoms with Crippen LogP contribution in [0.3, 0.4) is 0 Å². The van der Waals surface area contributed by atoms with E-state index in [2.05, 4.69) is 12.2 Å². The van der Waals surface area contributed by atoms with E-state index in [1.807, 2.05) is 12.1 Å². The Bertz CT molecular complexity index is 635. The summed E-state index contributed by atoms with van der Waals surface area (Å²) in [6.45, 7) is 4.50.